The summed E-state index contributed by atoms with van der Waals surface area (Å²) in [5, 5.41) is 11.0. The van der Waals surface area contributed by atoms with Crippen molar-refractivity contribution in [1.82, 2.24) is 0 Å². The van der Waals surface area contributed by atoms with Crippen molar-refractivity contribution in [1.29, 1.82) is 0 Å². The number of piperidine rings is 1. The van der Waals surface area contributed by atoms with E-state index in [4.69, 9.17) is 11.6 Å². The minimum absolute atomic E-state index is 0.0567. The van der Waals surface area contributed by atoms with Gasteiger partial charge in [0.05, 0.1) is 26.8 Å². The third-order valence-electron chi connectivity index (χ3n) is 5.27. The minimum Gasteiger partial charge on any atom is -0.367 e. The van der Waals surface area contributed by atoms with Gasteiger partial charge in [-0.05, 0) is 55.5 Å². The van der Waals surface area contributed by atoms with E-state index in [9.17, 15) is 36.5 Å². The monoisotopic (exact) mass is 466 g/mol. The third-order valence-corrected chi connectivity index (χ3v) is 5.57. The molecule has 0 amide bonds. The van der Waals surface area contributed by atoms with Gasteiger partial charge < -0.3 is 4.90 Å². The largest absolute Gasteiger partial charge is 0.416 e. The molecule has 1 aliphatic heterocycles. The van der Waals surface area contributed by atoms with Crippen LogP contribution in [0.15, 0.2) is 36.4 Å². The zero-order chi connectivity index (χ0) is 23.0. The molecule has 3 rings (SSSR count). The van der Waals surface area contributed by atoms with Crippen LogP contribution >= 0.6 is 11.6 Å². The lowest BCUT2D eigenvalue weighted by molar-refractivity contribution is -0.384. The van der Waals surface area contributed by atoms with Crippen molar-refractivity contribution in [2.45, 2.75) is 44.1 Å². The van der Waals surface area contributed by atoms with E-state index in [0.29, 0.717) is 49.7 Å². The fourth-order valence-electron chi connectivity index (χ4n) is 3.84. The van der Waals surface area contributed by atoms with Crippen LogP contribution < -0.4 is 4.90 Å². The number of rotatable bonds is 4. The van der Waals surface area contributed by atoms with Crippen molar-refractivity contribution in [3.05, 3.63) is 68.2 Å². The summed E-state index contributed by atoms with van der Waals surface area (Å²) in [5.41, 5.74) is -2.54. The Kier molecular flexibility index (Phi) is 6.40. The lowest BCUT2D eigenvalue weighted by Gasteiger charge is -2.38. The number of nitro groups is 1. The molecule has 0 spiro atoms. The first-order valence-electron chi connectivity index (χ1n) is 9.36. The second kappa shape index (κ2) is 8.57. The first-order chi connectivity index (χ1) is 14.4. The molecule has 1 heterocycles. The van der Waals surface area contributed by atoms with Crippen LogP contribution in [0.25, 0.3) is 0 Å². The number of nitro benzene ring substituents is 1. The SMILES string of the molecule is O=[N+]([O-])c1ccc(N2CCCCC2Cc2cc(C(F)(F)F)ccc2C(F)(F)F)c(Cl)c1. The van der Waals surface area contributed by atoms with Gasteiger partial charge in [-0.25, -0.2) is 0 Å². The van der Waals surface area contributed by atoms with Crippen LogP contribution in [0.5, 0.6) is 0 Å². The molecule has 1 atom stereocenters. The highest BCUT2D eigenvalue weighted by molar-refractivity contribution is 6.33. The molecule has 168 valence electrons. The Morgan fingerprint density at radius 1 is 1.03 bits per heavy atom. The van der Waals surface area contributed by atoms with Gasteiger partial charge in [0.2, 0.25) is 0 Å². The number of alkyl halides is 6. The lowest BCUT2D eigenvalue weighted by atomic mass is 9.91. The van der Waals surface area contributed by atoms with Gasteiger partial charge in [0.25, 0.3) is 5.69 Å². The summed E-state index contributed by atoms with van der Waals surface area (Å²) in [7, 11) is 0. The quantitative estimate of drug-likeness (QED) is 0.280. The zero-order valence-electron chi connectivity index (χ0n) is 15.9. The van der Waals surface area contributed by atoms with Gasteiger partial charge in [0, 0.05) is 24.7 Å². The normalized spacial score (nSPS) is 17.6. The summed E-state index contributed by atoms with van der Waals surface area (Å²) in [6.45, 7) is 0.419. The molecule has 0 aromatic heterocycles. The molecule has 0 bridgehead atoms. The molecule has 4 nitrogen and oxygen atoms in total. The van der Waals surface area contributed by atoms with Gasteiger partial charge in [-0.3, -0.25) is 10.1 Å². The van der Waals surface area contributed by atoms with E-state index in [0.717, 1.165) is 6.07 Å². The molecule has 1 unspecified atom stereocenters. The summed E-state index contributed by atoms with van der Waals surface area (Å²) in [5.74, 6) is 0. The molecule has 2 aromatic rings. The van der Waals surface area contributed by atoms with E-state index in [1.54, 1.807) is 4.90 Å². The molecule has 1 fully saturated rings. The van der Waals surface area contributed by atoms with E-state index in [-0.39, 0.29) is 17.1 Å². The molecular weight excluding hydrogens is 450 g/mol. The highest BCUT2D eigenvalue weighted by Gasteiger charge is 2.38. The van der Waals surface area contributed by atoms with Gasteiger partial charge in [-0.2, -0.15) is 26.3 Å². The molecule has 0 N–H and O–H groups in total. The predicted molar refractivity (Wildman–Crippen MR) is 103 cm³/mol. The number of halogens is 7. The Labute approximate surface area is 178 Å². The van der Waals surface area contributed by atoms with Crippen LogP contribution in [0.4, 0.5) is 37.7 Å². The minimum atomic E-state index is -4.80. The number of benzene rings is 2. The molecule has 11 heteroatoms. The highest BCUT2D eigenvalue weighted by atomic mass is 35.5. The van der Waals surface area contributed by atoms with Crippen LogP contribution in [0.2, 0.25) is 5.02 Å². The van der Waals surface area contributed by atoms with Crippen LogP contribution in [0, 0.1) is 10.1 Å². The summed E-state index contributed by atoms with van der Waals surface area (Å²) >= 11 is 6.19. The lowest BCUT2D eigenvalue weighted by Crippen LogP contribution is -2.41. The first kappa shape index (κ1) is 23.2. The van der Waals surface area contributed by atoms with Crippen LogP contribution in [0.1, 0.15) is 36.0 Å². The Morgan fingerprint density at radius 2 is 1.74 bits per heavy atom. The van der Waals surface area contributed by atoms with E-state index in [1.165, 1.54) is 12.1 Å². The summed E-state index contributed by atoms with van der Waals surface area (Å²) in [6, 6.07) is 4.69. The van der Waals surface area contributed by atoms with Gasteiger partial charge in [0.1, 0.15) is 0 Å². The number of hydrogen-bond donors (Lipinski definition) is 0. The second-order valence-electron chi connectivity index (χ2n) is 7.31. The second-order valence-corrected chi connectivity index (χ2v) is 7.71. The first-order valence-corrected chi connectivity index (χ1v) is 9.73. The molecule has 31 heavy (non-hydrogen) atoms. The van der Waals surface area contributed by atoms with Crippen LogP contribution in [0.3, 0.4) is 0 Å². The molecule has 0 saturated carbocycles. The Morgan fingerprint density at radius 3 is 2.32 bits per heavy atom. The van der Waals surface area contributed by atoms with Crippen molar-refractivity contribution in [3.8, 4) is 0 Å². The zero-order valence-corrected chi connectivity index (χ0v) is 16.7. The van der Waals surface area contributed by atoms with Crippen molar-refractivity contribution in [2.75, 3.05) is 11.4 Å². The number of hydrogen-bond acceptors (Lipinski definition) is 3. The Hall–Kier alpha value is -2.49. The topological polar surface area (TPSA) is 46.4 Å². The Balaban J connectivity index is 1.99. The third kappa shape index (κ3) is 5.23. The maximum absolute atomic E-state index is 13.5. The molecule has 0 radical (unpaired) electrons. The summed E-state index contributed by atoms with van der Waals surface area (Å²) < 4.78 is 79.7. The van der Waals surface area contributed by atoms with Crippen molar-refractivity contribution >= 4 is 23.0 Å². The number of nitrogens with zero attached hydrogens (tertiary/aromatic N) is 2. The molecular formula is C20H17ClF6N2O2. The fraction of sp³-hybridized carbons (Fsp3) is 0.400. The van der Waals surface area contributed by atoms with Crippen molar-refractivity contribution in [3.63, 3.8) is 0 Å². The predicted octanol–water partition coefficient (Wildman–Crippen LogP) is 6.89. The molecule has 2 aromatic carbocycles. The van der Waals surface area contributed by atoms with E-state index in [1.807, 2.05) is 0 Å². The maximum Gasteiger partial charge on any atom is 0.416 e. The standard InChI is InChI=1S/C20H17ClF6N2O2/c21-17-11-15(29(30)31)5-7-18(17)28-8-2-1-3-14(28)10-12-9-13(19(22,23)24)4-6-16(12)20(25,26)27/h4-7,9,11,14H,1-3,8,10H2. The maximum atomic E-state index is 13.5. The van der Waals surface area contributed by atoms with Crippen molar-refractivity contribution in [2.24, 2.45) is 0 Å². The number of non-ortho nitro benzene ring substituents is 1. The summed E-state index contributed by atoms with van der Waals surface area (Å²) in [4.78, 5) is 12.0. The van der Waals surface area contributed by atoms with Gasteiger partial charge in [-0.15, -0.1) is 0 Å². The number of anilines is 1. The highest BCUT2D eigenvalue weighted by Crippen LogP contribution is 2.39. The smallest absolute Gasteiger partial charge is 0.367 e. The van der Waals surface area contributed by atoms with Gasteiger partial charge in [-0.1, -0.05) is 11.6 Å². The molecule has 0 aliphatic carbocycles. The fourth-order valence-corrected chi connectivity index (χ4v) is 4.12. The van der Waals surface area contributed by atoms with Crippen molar-refractivity contribution < 1.29 is 31.3 Å². The van der Waals surface area contributed by atoms with Crippen LogP contribution in [-0.2, 0) is 18.8 Å². The average Bonchev–Trinajstić information content (AvgIpc) is 2.67. The van der Waals surface area contributed by atoms with E-state index < -0.39 is 40.0 Å². The van der Waals surface area contributed by atoms with E-state index >= 15 is 0 Å². The Bertz CT molecular complexity index is 977. The van der Waals surface area contributed by atoms with Gasteiger partial charge in [0.15, 0.2) is 0 Å². The van der Waals surface area contributed by atoms with Gasteiger partial charge >= 0.3 is 12.4 Å². The summed E-state index contributed by atoms with van der Waals surface area (Å²) in [6.07, 6.45) is -8.01. The molecule has 1 saturated heterocycles. The van der Waals surface area contributed by atoms with E-state index in [2.05, 4.69) is 0 Å². The average molecular weight is 467 g/mol. The molecule has 1 aliphatic rings. The van der Waals surface area contributed by atoms with Crippen LogP contribution in [-0.4, -0.2) is 17.5 Å².